The molecule has 2 aliphatic rings. The second kappa shape index (κ2) is 13.4. The third-order valence-electron chi connectivity index (χ3n) is 7.09. The smallest absolute Gasteiger partial charge is 0.418 e. The zero-order chi connectivity index (χ0) is 33.1. The molecule has 3 heterocycles. The fraction of sp³-hybridized carbons (Fsp3) is 0.440. The Bertz CT molecular complexity index is 1610. The molecule has 0 bridgehead atoms. The molecule has 1 aromatic carbocycles. The highest BCUT2D eigenvalue weighted by Gasteiger charge is 2.57. The summed E-state index contributed by atoms with van der Waals surface area (Å²) < 4.78 is 41.0. The topological polar surface area (TPSA) is 284 Å². The zero-order valence-electron chi connectivity index (χ0n) is 24.0. The van der Waals surface area contributed by atoms with Crippen LogP contribution in [0.1, 0.15) is 31.5 Å². The number of carbonyl (C=O) groups is 3. The van der Waals surface area contributed by atoms with E-state index in [9.17, 15) is 27.9 Å². The Hall–Kier alpha value is -4.21. The first kappa shape index (κ1) is 33.7. The third kappa shape index (κ3) is 8.09. The van der Waals surface area contributed by atoms with Gasteiger partial charge in [0.2, 0.25) is 0 Å². The summed E-state index contributed by atoms with van der Waals surface area (Å²) in [5, 5.41) is 18.5. The molecule has 2 fully saturated rings. The largest absolute Gasteiger partial charge is 0.489 e. The maximum Gasteiger partial charge on any atom is 0.418 e. The number of carboxylic acids is 1. The fourth-order valence-corrected chi connectivity index (χ4v) is 5.52. The van der Waals surface area contributed by atoms with Gasteiger partial charge in [-0.25, -0.2) is 9.78 Å². The van der Waals surface area contributed by atoms with Crippen LogP contribution in [0.15, 0.2) is 39.8 Å². The first-order chi connectivity index (χ1) is 21.1. The minimum absolute atomic E-state index is 0.0349. The van der Waals surface area contributed by atoms with Crippen LogP contribution in [0.25, 0.3) is 0 Å². The molecule has 3 unspecified atom stereocenters. The number of rotatable bonds is 14. The van der Waals surface area contributed by atoms with Gasteiger partial charge in [-0.15, -0.1) is 15.6 Å². The van der Waals surface area contributed by atoms with Crippen LogP contribution in [0.4, 0.5) is 5.13 Å². The molecule has 0 radical (unpaired) electrons. The Morgan fingerprint density at radius 2 is 1.96 bits per heavy atom. The van der Waals surface area contributed by atoms with Gasteiger partial charge in [0, 0.05) is 36.5 Å². The number of thiazole rings is 1. The second-order valence-corrected chi connectivity index (χ2v) is 12.5. The number of ketones is 1. The van der Waals surface area contributed by atoms with E-state index in [1.807, 2.05) is 0 Å². The fourth-order valence-electron chi connectivity index (χ4n) is 4.52. The molecule has 0 spiro atoms. The minimum Gasteiger partial charge on any atom is -0.489 e. The first-order valence-corrected chi connectivity index (χ1v) is 15.6. The zero-order valence-corrected chi connectivity index (χ0v) is 25.7. The van der Waals surface area contributed by atoms with E-state index in [0.717, 1.165) is 11.3 Å². The van der Waals surface area contributed by atoms with Crippen LogP contribution in [-0.2, 0) is 33.9 Å². The van der Waals surface area contributed by atoms with Gasteiger partial charge in [-0.05, 0) is 38.1 Å². The number of benzene rings is 1. The molecule has 2 aromatic rings. The highest BCUT2D eigenvalue weighted by Crippen LogP contribution is 2.40. The summed E-state index contributed by atoms with van der Waals surface area (Å²) in [5.74, 6) is -3.63. The molecule has 9 N–H and O–H groups in total. The molecule has 4 rings (SSSR count). The molecule has 1 amide bonds. The van der Waals surface area contributed by atoms with E-state index in [1.165, 1.54) is 19.2 Å². The van der Waals surface area contributed by atoms with Crippen molar-refractivity contribution in [3.8, 4) is 5.75 Å². The molecule has 0 saturated carbocycles. The van der Waals surface area contributed by atoms with Crippen LogP contribution in [-0.4, -0.2) is 101 Å². The molecule has 1 aromatic heterocycles. The van der Waals surface area contributed by atoms with Crippen LogP contribution in [0, 0.1) is 5.92 Å². The summed E-state index contributed by atoms with van der Waals surface area (Å²) in [5.41, 5.74) is 16.6. The standard InChI is InChI=1S/C25H32N8O10S2/c1-25(2)14(22(35)33(25)43-45(38,39)40)7-18(34)20(17-11-44-24(28)31-17)32-42-19(23(36)37)10-41-13-5-3-12(4-6-13)21(27)30-16-9-29-8-15(16)26/h3-6,11,14-16,19,29H,7-10,26H2,1-2H3,(H2,27,30)(H2,28,31)(H,36,37)(H,38,39,40)/b32-20-/t14?,15?,16?,19-/m0/s1. The van der Waals surface area contributed by atoms with Crippen molar-refractivity contribution in [2.45, 2.75) is 44.0 Å². The van der Waals surface area contributed by atoms with Crippen LogP contribution in [0.3, 0.4) is 0 Å². The van der Waals surface area contributed by atoms with Crippen LogP contribution < -0.4 is 27.3 Å². The van der Waals surface area contributed by atoms with Gasteiger partial charge >= 0.3 is 16.4 Å². The maximum absolute atomic E-state index is 13.3. The van der Waals surface area contributed by atoms with E-state index >= 15 is 0 Å². The summed E-state index contributed by atoms with van der Waals surface area (Å²) in [6.45, 7) is 3.58. The van der Waals surface area contributed by atoms with Crippen molar-refractivity contribution in [2.24, 2.45) is 27.5 Å². The molecule has 2 saturated heterocycles. The number of aromatic nitrogens is 1. The van der Waals surface area contributed by atoms with E-state index < -0.39 is 64.4 Å². The van der Waals surface area contributed by atoms with Gasteiger partial charge in [-0.1, -0.05) is 5.16 Å². The summed E-state index contributed by atoms with van der Waals surface area (Å²) in [4.78, 5) is 51.4. The van der Waals surface area contributed by atoms with E-state index in [0.29, 0.717) is 23.7 Å². The predicted octanol–water partition coefficient (Wildman–Crippen LogP) is -1.09. The molecular weight excluding hydrogens is 636 g/mol. The lowest BCUT2D eigenvalue weighted by Gasteiger charge is -2.50. The Morgan fingerprint density at radius 1 is 1.27 bits per heavy atom. The number of ether oxygens (including phenoxy) is 1. The van der Waals surface area contributed by atoms with Crippen LogP contribution in [0.2, 0.25) is 0 Å². The van der Waals surface area contributed by atoms with Crippen molar-refractivity contribution < 1.29 is 46.3 Å². The number of oxime groups is 1. The SMILES string of the molecule is CC1(C)C(CC(=O)/C(=N\O[C@@H](COc2ccc(C(N)=NC3CNCC3N)cc2)C(=O)O)c2csc(N)n2)C(=O)N1OS(=O)(=O)O. The van der Waals surface area contributed by atoms with Gasteiger partial charge in [0.1, 0.15) is 23.9 Å². The van der Waals surface area contributed by atoms with Crippen molar-refractivity contribution in [1.82, 2.24) is 15.4 Å². The Labute approximate surface area is 261 Å². The van der Waals surface area contributed by atoms with Gasteiger partial charge < -0.3 is 37.2 Å². The number of nitrogens with one attached hydrogen (secondary N) is 1. The summed E-state index contributed by atoms with van der Waals surface area (Å²) in [6.07, 6.45) is -2.18. The number of carboxylic acid groups (broad SMARTS) is 1. The normalized spacial score (nSPS) is 22.5. The lowest BCUT2D eigenvalue weighted by molar-refractivity contribution is -0.228. The van der Waals surface area contributed by atoms with E-state index in [-0.39, 0.29) is 34.5 Å². The molecule has 2 aliphatic heterocycles. The van der Waals surface area contributed by atoms with Crippen molar-refractivity contribution in [1.29, 1.82) is 0 Å². The van der Waals surface area contributed by atoms with Gasteiger partial charge in [-0.3, -0.25) is 19.1 Å². The quantitative estimate of drug-likeness (QED) is 0.0459. The Balaban J connectivity index is 1.44. The number of aliphatic carboxylic acids is 1. The number of anilines is 1. The monoisotopic (exact) mass is 668 g/mol. The molecule has 0 aliphatic carbocycles. The summed E-state index contributed by atoms with van der Waals surface area (Å²) in [7, 11) is -4.99. The average molecular weight is 669 g/mol. The van der Waals surface area contributed by atoms with E-state index in [1.54, 1.807) is 24.3 Å². The Morgan fingerprint density at radius 3 is 2.49 bits per heavy atom. The predicted molar refractivity (Wildman–Crippen MR) is 160 cm³/mol. The number of hydrogen-bond acceptors (Lipinski definition) is 15. The number of nitrogen functional groups attached to an aromatic ring is 1. The number of amidine groups is 1. The van der Waals surface area contributed by atoms with Gasteiger partial charge in [0.25, 0.3) is 12.0 Å². The number of hydroxylamine groups is 2. The van der Waals surface area contributed by atoms with Crippen molar-refractivity contribution >= 4 is 56.1 Å². The molecule has 45 heavy (non-hydrogen) atoms. The number of nitrogens with two attached hydrogens (primary N) is 3. The van der Waals surface area contributed by atoms with E-state index in [4.69, 9.17) is 31.3 Å². The summed E-state index contributed by atoms with van der Waals surface area (Å²) >= 11 is 0.976. The lowest BCUT2D eigenvalue weighted by atomic mass is 9.74. The Kier molecular flexibility index (Phi) is 10.0. The van der Waals surface area contributed by atoms with Crippen LogP contribution in [0.5, 0.6) is 5.75 Å². The third-order valence-corrected chi connectivity index (χ3v) is 8.10. The average Bonchev–Trinajstić information content (AvgIpc) is 3.58. The highest BCUT2D eigenvalue weighted by atomic mass is 32.3. The van der Waals surface area contributed by atoms with E-state index in [2.05, 4.69) is 24.7 Å². The molecule has 20 heteroatoms. The molecular formula is C25H32N8O10S2. The second-order valence-electron chi connectivity index (χ2n) is 10.7. The number of β-lactam (4-membered cyclic amide) rings is 1. The van der Waals surface area contributed by atoms with Gasteiger partial charge in [0.15, 0.2) is 16.6 Å². The summed E-state index contributed by atoms with van der Waals surface area (Å²) in [6, 6.07) is 6.12. The molecule has 4 atom stereocenters. The number of amides is 1. The highest BCUT2D eigenvalue weighted by molar-refractivity contribution is 7.80. The number of nitrogens with zero attached hydrogens (tertiary/aromatic N) is 4. The number of aliphatic imine (C=N–C) groups is 1. The molecule has 18 nitrogen and oxygen atoms in total. The number of hydrogen-bond donors (Lipinski definition) is 6. The van der Waals surface area contributed by atoms with Crippen molar-refractivity contribution in [3.05, 3.63) is 40.9 Å². The number of carbonyl (C=O) groups excluding carboxylic acids is 2. The van der Waals surface area contributed by atoms with Crippen molar-refractivity contribution in [2.75, 3.05) is 25.4 Å². The van der Waals surface area contributed by atoms with Gasteiger partial charge in [0.05, 0.1) is 17.5 Å². The molecule has 244 valence electrons. The minimum atomic E-state index is -4.99. The maximum atomic E-state index is 13.3. The van der Waals surface area contributed by atoms with Crippen molar-refractivity contribution in [3.63, 3.8) is 0 Å². The first-order valence-electron chi connectivity index (χ1n) is 13.3. The van der Waals surface area contributed by atoms with Crippen LogP contribution >= 0.6 is 11.3 Å². The van der Waals surface area contributed by atoms with Gasteiger partial charge in [-0.2, -0.15) is 13.5 Å². The number of Topliss-reactive ketones (excluding diaryl/α,β-unsaturated/α-hetero) is 1. The lowest BCUT2D eigenvalue weighted by Crippen LogP contribution is -2.68.